The smallest absolute Gasteiger partial charge is 0.663 e. The Morgan fingerprint density at radius 3 is 1.17 bits per heavy atom. The first-order valence-corrected chi connectivity index (χ1v) is 3.98. The molecule has 0 atom stereocenters. The van der Waals surface area contributed by atoms with Crippen molar-refractivity contribution in [2.24, 2.45) is 0 Å². The third-order valence-corrected chi connectivity index (χ3v) is 1.77. The number of rotatable bonds is 2. The molecule has 0 rings (SSSR count). The maximum absolute atomic E-state index is 11.2. The van der Waals surface area contributed by atoms with Gasteiger partial charge in [-0.2, -0.15) is 26.3 Å². The van der Waals surface area contributed by atoms with Crippen LogP contribution in [0.15, 0.2) is 0 Å². The Labute approximate surface area is 81.3 Å². The number of halogens is 6. The van der Waals surface area contributed by atoms with Crippen LogP contribution in [0.4, 0.5) is 26.3 Å². The fourth-order valence-electron chi connectivity index (χ4n) is 0.155. The Kier molecular flexibility index (Phi) is 6.69. The van der Waals surface area contributed by atoms with Crippen LogP contribution in [0.25, 0.3) is 4.65 Å². The predicted molar refractivity (Wildman–Crippen MR) is 27.0 cm³/mol. The van der Waals surface area contributed by atoms with E-state index in [9.17, 15) is 26.3 Å². The van der Waals surface area contributed by atoms with Gasteiger partial charge in [-0.3, -0.25) is 0 Å². The van der Waals surface area contributed by atoms with Crippen LogP contribution < -0.4 is 18.9 Å². The van der Waals surface area contributed by atoms with Crippen molar-refractivity contribution >= 4 is 19.4 Å². The number of nitrogens with zero attached hydrogens (tertiary/aromatic N) is 1. The van der Waals surface area contributed by atoms with E-state index in [1.54, 1.807) is 0 Å². The normalized spacial score (nSPS) is 12.5. The van der Waals surface area contributed by atoms with Crippen molar-refractivity contribution in [2.75, 3.05) is 0 Å². The topological polar surface area (TPSA) is 14.1 Å². The van der Waals surface area contributed by atoms with Gasteiger partial charge in [-0.25, -0.2) is 0 Å². The molecule has 0 amide bonds. The maximum atomic E-state index is 11.2. The summed E-state index contributed by atoms with van der Waals surface area (Å²) in [5, 5.41) is 0. The van der Waals surface area contributed by atoms with Crippen LogP contribution in [0.1, 0.15) is 0 Å². The monoisotopic (exact) mass is 215 g/mol. The van der Waals surface area contributed by atoms with Crippen molar-refractivity contribution in [3.05, 3.63) is 4.65 Å². The molecule has 0 unspecified atom stereocenters. The summed E-state index contributed by atoms with van der Waals surface area (Å²) in [6.07, 6.45) is 0. The van der Waals surface area contributed by atoms with Gasteiger partial charge < -0.3 is 4.65 Å². The van der Waals surface area contributed by atoms with Gasteiger partial charge in [0.15, 0.2) is 0 Å². The summed E-state index contributed by atoms with van der Waals surface area (Å²) < 4.78 is 69.4. The quantitative estimate of drug-likeness (QED) is 0.399. The van der Waals surface area contributed by atoms with Crippen molar-refractivity contribution in [1.82, 2.24) is 0 Å². The summed E-state index contributed by atoms with van der Waals surface area (Å²) in [5.74, 6) is -9.23. The van der Waals surface area contributed by atoms with Gasteiger partial charge in [0.1, 0.15) is 0 Å². The first kappa shape index (κ1) is 15.1. The first-order chi connectivity index (χ1) is 4.71. The van der Waals surface area contributed by atoms with Crippen molar-refractivity contribution in [3.8, 4) is 0 Å². The van der Waals surface area contributed by atoms with Gasteiger partial charge in [-0.1, -0.05) is 0 Å². The molecule has 0 saturated carbocycles. The second-order valence-corrected chi connectivity index (χ2v) is 3.81. The predicted octanol–water partition coefficient (Wildman–Crippen LogP) is -1.36. The van der Waals surface area contributed by atoms with Crippen molar-refractivity contribution in [2.45, 2.75) is 11.6 Å². The third kappa shape index (κ3) is 13.2. The van der Waals surface area contributed by atoms with E-state index in [0.29, 0.717) is 0 Å². The summed E-state index contributed by atoms with van der Waals surface area (Å²) >= 11 is 0. The van der Waals surface area contributed by atoms with E-state index in [2.05, 4.69) is 4.65 Å². The van der Waals surface area contributed by atoms with Crippen molar-refractivity contribution < 1.29 is 45.2 Å². The van der Waals surface area contributed by atoms with E-state index in [0.717, 1.165) is 0 Å². The van der Waals surface area contributed by atoms with Gasteiger partial charge in [0.05, 0.1) is 0 Å². The summed E-state index contributed by atoms with van der Waals surface area (Å²) in [6, 6.07) is 0. The molecule has 0 aliphatic heterocycles. The Hall–Kier alpha value is 0.571. The SMILES string of the molecule is FC(F)(F)[Si][N-][Si]C(F)(F)F.[Li+]. The van der Waals surface area contributed by atoms with Crippen LogP contribution in [0, 0.1) is 0 Å². The third-order valence-electron chi connectivity index (χ3n) is 0.365. The molecule has 12 heavy (non-hydrogen) atoms. The van der Waals surface area contributed by atoms with E-state index in [-0.39, 0.29) is 18.9 Å². The average molecular weight is 215 g/mol. The molecule has 1 nitrogen and oxygen atoms in total. The van der Waals surface area contributed by atoms with E-state index in [1.807, 2.05) is 0 Å². The molecular weight excluding hydrogens is 215 g/mol. The summed E-state index contributed by atoms with van der Waals surface area (Å²) in [4.78, 5) is 0. The van der Waals surface area contributed by atoms with E-state index >= 15 is 0 Å². The van der Waals surface area contributed by atoms with Crippen molar-refractivity contribution in [1.29, 1.82) is 0 Å². The van der Waals surface area contributed by atoms with Gasteiger partial charge >= 0.3 is 30.5 Å². The van der Waals surface area contributed by atoms with E-state index < -0.39 is 31.0 Å². The molecule has 0 N–H and O–H groups in total. The van der Waals surface area contributed by atoms with Crippen molar-refractivity contribution in [3.63, 3.8) is 0 Å². The van der Waals surface area contributed by atoms with Crippen LogP contribution in [0.3, 0.4) is 0 Å². The number of hydrogen-bond acceptors (Lipinski definition) is 0. The fraction of sp³-hybridized carbons (Fsp3) is 1.00. The van der Waals surface area contributed by atoms with E-state index in [1.165, 1.54) is 0 Å². The van der Waals surface area contributed by atoms with Gasteiger partial charge in [0.2, 0.25) is 0 Å². The van der Waals surface area contributed by atoms with Gasteiger partial charge in [0, 0.05) is 19.4 Å². The molecule has 0 fully saturated rings. The minimum absolute atomic E-state index is 0. The maximum Gasteiger partial charge on any atom is 1.00 e. The zero-order chi connectivity index (χ0) is 9.12. The molecule has 64 valence electrons. The van der Waals surface area contributed by atoms with E-state index in [4.69, 9.17) is 0 Å². The number of alkyl halides is 6. The first-order valence-electron chi connectivity index (χ1n) is 2.08. The molecule has 0 spiro atoms. The molecule has 0 aromatic rings. The number of hydrogen-bond donors (Lipinski definition) is 0. The molecule has 0 aromatic carbocycles. The molecule has 0 aliphatic carbocycles. The van der Waals surface area contributed by atoms with Gasteiger partial charge in [-0.15, -0.1) is 0 Å². The van der Waals surface area contributed by atoms with Gasteiger partial charge in [0.25, 0.3) is 0 Å². The zero-order valence-electron chi connectivity index (χ0n) is 5.72. The Morgan fingerprint density at radius 1 is 0.750 bits per heavy atom. The minimum atomic E-state index is -4.61. The summed E-state index contributed by atoms with van der Waals surface area (Å²) in [6.45, 7) is 0. The standard InChI is InChI=1S/C2F6NSi2.Li/c3-1(4,5)10-9-11-2(6,7)8;/q-1;+1. The molecule has 4 radical (unpaired) electrons. The molecule has 0 heterocycles. The van der Waals surface area contributed by atoms with Crippen LogP contribution in [-0.2, 0) is 0 Å². The molecular formula is C2F6LiNSi2. The van der Waals surface area contributed by atoms with Crippen LogP contribution in [-0.4, -0.2) is 31.0 Å². The minimum Gasteiger partial charge on any atom is -0.663 e. The van der Waals surface area contributed by atoms with Crippen LogP contribution in [0.2, 0.25) is 0 Å². The largest absolute Gasteiger partial charge is 1.00 e. The molecule has 10 heteroatoms. The second-order valence-electron chi connectivity index (χ2n) is 1.33. The Balaban J connectivity index is 0. The molecule has 0 bridgehead atoms. The van der Waals surface area contributed by atoms with Gasteiger partial charge in [-0.05, 0) is 0 Å². The zero-order valence-corrected chi connectivity index (χ0v) is 7.72. The molecule has 0 aliphatic rings. The Bertz CT molecular complexity index is 108. The van der Waals surface area contributed by atoms with Crippen LogP contribution in [0.5, 0.6) is 0 Å². The fourth-order valence-corrected chi connectivity index (χ4v) is 1.39. The summed E-state index contributed by atoms with van der Waals surface area (Å²) in [7, 11) is -3.94. The second kappa shape index (κ2) is 5.33. The molecule has 0 aromatic heterocycles. The Morgan fingerprint density at radius 2 is 1.00 bits per heavy atom. The summed E-state index contributed by atoms with van der Waals surface area (Å²) in [5.41, 5.74) is 0. The van der Waals surface area contributed by atoms with Crippen LogP contribution >= 0.6 is 0 Å². The molecule has 0 saturated heterocycles. The average Bonchev–Trinajstić information content (AvgIpc) is 1.55.